The average Bonchev–Trinajstić information content (AvgIpc) is 3.88. The molecule has 0 aliphatic rings. The van der Waals surface area contributed by atoms with Gasteiger partial charge in [-0.1, -0.05) is 170 Å². The summed E-state index contributed by atoms with van der Waals surface area (Å²) in [5.41, 5.74) is 16.7. The molecule has 4 nitrogen and oxygen atoms in total. The number of nitrogens with zero attached hydrogens (tertiary/aromatic N) is 4. The van der Waals surface area contributed by atoms with E-state index < -0.39 is 0 Å². The maximum atomic E-state index is 5.05. The Balaban J connectivity index is 0.909. The SMILES string of the molecule is c1ccc(-c2cc(-c3ccccc3)nc(-c3ccc(-c4ccc5c(c4)c4ccccc4n5-c4ccc(-c5cccc6c5c5ccccc5n6-c5ccccc5)cc4)cc3)n2)cc1. The fraction of sp³-hybridized carbons (Fsp3) is 0. The van der Waals surface area contributed by atoms with Gasteiger partial charge in [-0.05, 0) is 82.9 Å². The van der Waals surface area contributed by atoms with Crippen molar-refractivity contribution in [3.63, 3.8) is 0 Å². The highest BCUT2D eigenvalue weighted by molar-refractivity contribution is 6.16. The second-order valence-corrected chi connectivity index (χ2v) is 15.8. The maximum absolute atomic E-state index is 5.05. The fourth-order valence-corrected chi connectivity index (χ4v) is 9.24. The van der Waals surface area contributed by atoms with Crippen LogP contribution in [0.1, 0.15) is 0 Å². The van der Waals surface area contributed by atoms with Gasteiger partial charge < -0.3 is 9.13 Å². The van der Waals surface area contributed by atoms with Crippen molar-refractivity contribution in [1.29, 1.82) is 0 Å². The van der Waals surface area contributed by atoms with Crippen molar-refractivity contribution in [3.05, 3.63) is 231 Å². The summed E-state index contributed by atoms with van der Waals surface area (Å²) in [6.45, 7) is 0. The van der Waals surface area contributed by atoms with Gasteiger partial charge in [0.25, 0.3) is 0 Å². The van der Waals surface area contributed by atoms with Gasteiger partial charge in [-0.3, -0.25) is 0 Å². The second-order valence-electron chi connectivity index (χ2n) is 15.8. The number of aromatic nitrogens is 4. The Morgan fingerprint density at radius 1 is 0.274 bits per heavy atom. The van der Waals surface area contributed by atoms with Crippen LogP contribution in [-0.4, -0.2) is 19.1 Å². The van der Waals surface area contributed by atoms with Crippen LogP contribution in [0.25, 0.3) is 111 Å². The topological polar surface area (TPSA) is 35.6 Å². The Bertz CT molecular complexity index is 3530. The molecule has 0 bridgehead atoms. The lowest BCUT2D eigenvalue weighted by atomic mass is 9.99. The molecule has 62 heavy (non-hydrogen) atoms. The zero-order valence-corrected chi connectivity index (χ0v) is 33.7. The van der Waals surface area contributed by atoms with Gasteiger partial charge in [0.1, 0.15) is 0 Å². The van der Waals surface area contributed by atoms with E-state index in [4.69, 9.17) is 9.97 Å². The molecule has 4 heteroatoms. The standard InChI is InChI=1S/C58H38N4/c1-4-15-41(16-5-1)51-38-52(42-17-6-2-7-18-42)60-58(59-51)43-29-27-39(28-30-43)44-33-36-55-50(37-44)48-21-10-12-24-53(48)61(55)46-34-31-40(32-35-46)47-23-14-26-56-57(47)49-22-11-13-25-54(49)62(56)45-19-8-3-9-20-45/h1-38H. The van der Waals surface area contributed by atoms with E-state index in [9.17, 15) is 0 Å². The van der Waals surface area contributed by atoms with Crippen LogP contribution in [0.4, 0.5) is 0 Å². The van der Waals surface area contributed by atoms with Gasteiger partial charge in [0.05, 0.1) is 33.5 Å². The smallest absolute Gasteiger partial charge is 0.160 e. The van der Waals surface area contributed by atoms with Crippen LogP contribution in [0.5, 0.6) is 0 Å². The molecule has 0 N–H and O–H groups in total. The van der Waals surface area contributed by atoms with E-state index in [0.717, 1.165) is 50.6 Å². The number of para-hydroxylation sites is 3. The van der Waals surface area contributed by atoms with Gasteiger partial charge in [-0.2, -0.15) is 0 Å². The minimum Gasteiger partial charge on any atom is -0.309 e. The van der Waals surface area contributed by atoms with Gasteiger partial charge in [0.2, 0.25) is 0 Å². The van der Waals surface area contributed by atoms with E-state index in [1.165, 1.54) is 54.7 Å². The van der Waals surface area contributed by atoms with Crippen LogP contribution < -0.4 is 0 Å². The first kappa shape index (κ1) is 35.6. The lowest BCUT2D eigenvalue weighted by Gasteiger charge is -2.11. The van der Waals surface area contributed by atoms with Gasteiger partial charge in [0.15, 0.2) is 5.82 Å². The monoisotopic (exact) mass is 790 g/mol. The first-order valence-corrected chi connectivity index (χ1v) is 21.1. The first-order valence-electron chi connectivity index (χ1n) is 21.1. The van der Waals surface area contributed by atoms with Crippen LogP contribution >= 0.6 is 0 Å². The molecule has 0 fully saturated rings. The molecular weight excluding hydrogens is 753 g/mol. The molecule has 3 aromatic heterocycles. The van der Waals surface area contributed by atoms with Crippen molar-refractivity contribution >= 4 is 43.6 Å². The molecule has 12 aromatic rings. The van der Waals surface area contributed by atoms with Gasteiger partial charge in [0, 0.05) is 49.6 Å². The third kappa shape index (κ3) is 6.00. The van der Waals surface area contributed by atoms with E-state index >= 15 is 0 Å². The van der Waals surface area contributed by atoms with Crippen LogP contribution in [0.2, 0.25) is 0 Å². The summed E-state index contributed by atoms with van der Waals surface area (Å²) < 4.78 is 4.77. The fourth-order valence-electron chi connectivity index (χ4n) is 9.24. The third-order valence-corrected chi connectivity index (χ3v) is 12.2. The third-order valence-electron chi connectivity index (χ3n) is 12.2. The molecule has 0 spiro atoms. The van der Waals surface area contributed by atoms with Crippen molar-refractivity contribution in [2.75, 3.05) is 0 Å². The van der Waals surface area contributed by atoms with Crippen molar-refractivity contribution in [2.24, 2.45) is 0 Å². The Morgan fingerprint density at radius 3 is 1.44 bits per heavy atom. The molecule has 3 heterocycles. The number of rotatable bonds is 7. The zero-order chi connectivity index (χ0) is 41.0. The number of benzene rings is 9. The molecule has 0 radical (unpaired) electrons. The Hall–Kier alpha value is -8.34. The number of fused-ring (bicyclic) bond motifs is 6. The summed E-state index contributed by atoms with van der Waals surface area (Å²) in [5, 5.41) is 4.96. The molecule has 9 aromatic carbocycles. The molecule has 0 atom stereocenters. The summed E-state index contributed by atoms with van der Waals surface area (Å²) in [4.78, 5) is 10.1. The summed E-state index contributed by atoms with van der Waals surface area (Å²) >= 11 is 0. The normalized spacial score (nSPS) is 11.5. The molecule has 290 valence electrons. The average molecular weight is 791 g/mol. The molecule has 0 saturated heterocycles. The second kappa shape index (κ2) is 14.7. The number of hydrogen-bond donors (Lipinski definition) is 0. The highest BCUT2D eigenvalue weighted by Gasteiger charge is 2.18. The van der Waals surface area contributed by atoms with Crippen LogP contribution in [0.15, 0.2) is 231 Å². The minimum absolute atomic E-state index is 0.705. The Labute approximate surface area is 359 Å². The van der Waals surface area contributed by atoms with E-state index in [-0.39, 0.29) is 0 Å². The van der Waals surface area contributed by atoms with E-state index in [1.54, 1.807) is 0 Å². The molecular formula is C58H38N4. The predicted octanol–water partition coefficient (Wildman–Crippen LogP) is 15.0. The van der Waals surface area contributed by atoms with E-state index in [2.05, 4.69) is 203 Å². The molecule has 0 saturated carbocycles. The van der Waals surface area contributed by atoms with Crippen LogP contribution in [-0.2, 0) is 0 Å². The lowest BCUT2D eigenvalue weighted by Crippen LogP contribution is -1.96. The highest BCUT2D eigenvalue weighted by atomic mass is 15.0. The molecule has 0 aliphatic heterocycles. The number of hydrogen-bond acceptors (Lipinski definition) is 2. The van der Waals surface area contributed by atoms with Crippen molar-refractivity contribution in [2.45, 2.75) is 0 Å². The molecule has 12 rings (SSSR count). The first-order chi connectivity index (χ1) is 30.7. The van der Waals surface area contributed by atoms with Crippen molar-refractivity contribution < 1.29 is 0 Å². The summed E-state index contributed by atoms with van der Waals surface area (Å²) in [6.07, 6.45) is 0. The van der Waals surface area contributed by atoms with Crippen molar-refractivity contribution in [1.82, 2.24) is 19.1 Å². The molecule has 0 amide bonds. The molecule has 0 unspecified atom stereocenters. The van der Waals surface area contributed by atoms with Crippen LogP contribution in [0, 0.1) is 0 Å². The Morgan fingerprint density at radius 2 is 0.758 bits per heavy atom. The van der Waals surface area contributed by atoms with Gasteiger partial charge in [-0.25, -0.2) is 9.97 Å². The maximum Gasteiger partial charge on any atom is 0.160 e. The quantitative estimate of drug-likeness (QED) is 0.161. The summed E-state index contributed by atoms with van der Waals surface area (Å²) in [7, 11) is 0. The summed E-state index contributed by atoms with van der Waals surface area (Å²) in [6, 6.07) is 82.1. The summed E-state index contributed by atoms with van der Waals surface area (Å²) in [5.74, 6) is 0.705. The van der Waals surface area contributed by atoms with E-state index in [1.807, 2.05) is 36.4 Å². The largest absolute Gasteiger partial charge is 0.309 e. The van der Waals surface area contributed by atoms with Gasteiger partial charge >= 0.3 is 0 Å². The minimum atomic E-state index is 0.705. The Kier molecular flexibility index (Phi) is 8.46. The molecule has 0 aliphatic carbocycles. The lowest BCUT2D eigenvalue weighted by molar-refractivity contribution is 1.18. The predicted molar refractivity (Wildman–Crippen MR) is 258 cm³/mol. The van der Waals surface area contributed by atoms with Gasteiger partial charge in [-0.15, -0.1) is 0 Å². The van der Waals surface area contributed by atoms with Crippen LogP contribution in [0.3, 0.4) is 0 Å². The van der Waals surface area contributed by atoms with Crippen molar-refractivity contribution in [3.8, 4) is 67.5 Å². The van der Waals surface area contributed by atoms with E-state index in [0.29, 0.717) is 5.82 Å². The zero-order valence-electron chi connectivity index (χ0n) is 33.7. The highest BCUT2D eigenvalue weighted by Crippen LogP contribution is 2.40.